The zero-order valence-electron chi connectivity index (χ0n) is 49.9. The molecule has 0 fully saturated rings. The standard InChI is InChI=1S/C21H13FN2O2.C21H14N2O2.C19H18N2O2.C14H8N2O2S/c22-13-10-8-12(9-11-13)20-23-21(26)16-6-3-5-15-18(16)24(20)17-7-2-1-4-14(17)19(15)25;24-19-14-9-4-5-12-17(14)23-18-15(19)10-6-11-16(18)21(25)22-20(23)13-7-2-1-3-8-13;1-19(2,3)18-20-17(23)13-9-6-8-12-15(13)21(18)14-10-5-4-7-11(14)16(12)22;17-13-8-4-3-7-11-12(8)16(14(18)15-13)9-5-1-2-6-10(9)19-11/h1-11,20H,(H,23,26);1-12,20H,(H,22,25);4-10,18H,1-3H3,(H,20,23);1-7H,(H,15,17,18). The van der Waals surface area contributed by atoms with Gasteiger partial charge in [0.25, 0.3) is 23.3 Å². The van der Waals surface area contributed by atoms with E-state index < -0.39 is 11.9 Å². The number of hydrogen-bond donors (Lipinski definition) is 4. The van der Waals surface area contributed by atoms with E-state index in [1.165, 1.54) is 12.1 Å². The van der Waals surface area contributed by atoms with Crippen molar-refractivity contribution in [3.05, 3.63) is 310 Å². The zero-order chi connectivity index (χ0) is 64.1. The van der Waals surface area contributed by atoms with E-state index in [1.807, 2.05) is 144 Å². The van der Waals surface area contributed by atoms with Crippen LogP contribution in [0.2, 0.25) is 0 Å². The van der Waals surface area contributed by atoms with E-state index in [2.05, 4.69) is 50.8 Å². The first-order valence-electron chi connectivity index (χ1n) is 30.0. The largest absolute Gasteiger partial charge is 0.333 e. The quantitative estimate of drug-likeness (QED) is 0.121. The monoisotopic (exact) mass is 1240 g/mol. The zero-order valence-corrected chi connectivity index (χ0v) is 50.8. The second-order valence-corrected chi connectivity index (χ2v) is 25.1. The maximum atomic E-state index is 13.4. The van der Waals surface area contributed by atoms with E-state index in [1.54, 1.807) is 89.1 Å². The average molecular weight is 1250 g/mol. The summed E-state index contributed by atoms with van der Waals surface area (Å²) in [6.07, 6.45) is -1.08. The number of nitrogens with one attached hydrogen (secondary N) is 4. The van der Waals surface area contributed by atoms with Gasteiger partial charge in [0.1, 0.15) is 24.3 Å². The van der Waals surface area contributed by atoms with Crippen molar-refractivity contribution in [1.29, 1.82) is 0 Å². The Balaban J connectivity index is 0.000000103. The number of rotatable bonds is 2. The highest BCUT2D eigenvalue weighted by molar-refractivity contribution is 7.99. The smallest absolute Gasteiger partial charge is 0.331 e. The summed E-state index contributed by atoms with van der Waals surface area (Å²) in [7, 11) is 0. The lowest BCUT2D eigenvalue weighted by Crippen LogP contribution is -2.44. The van der Waals surface area contributed by atoms with Crippen molar-refractivity contribution in [3.63, 3.8) is 0 Å². The molecule has 16 nitrogen and oxygen atoms in total. The van der Waals surface area contributed by atoms with E-state index in [0.717, 1.165) is 48.7 Å². The molecule has 8 heterocycles. The van der Waals surface area contributed by atoms with Gasteiger partial charge in [-0.25, -0.2) is 9.18 Å². The number of fused-ring (bicyclic) bond motifs is 8. The molecule has 3 amide bonds. The third-order valence-electron chi connectivity index (χ3n) is 17.4. The molecule has 10 aromatic carbocycles. The lowest BCUT2D eigenvalue weighted by atomic mass is 9.89. The molecule has 18 heteroatoms. The van der Waals surface area contributed by atoms with Crippen LogP contribution in [0.4, 0.5) is 4.39 Å². The second-order valence-electron chi connectivity index (χ2n) is 24.0. The van der Waals surface area contributed by atoms with Gasteiger partial charge in [0.15, 0.2) is 16.3 Å². The number of para-hydroxylation sites is 8. The van der Waals surface area contributed by atoms with E-state index in [-0.39, 0.29) is 63.1 Å². The maximum Gasteiger partial charge on any atom is 0.333 e. The summed E-state index contributed by atoms with van der Waals surface area (Å²) in [5.41, 5.74) is 8.17. The Morgan fingerprint density at radius 2 is 0.774 bits per heavy atom. The molecular weight excluding hydrogens is 1190 g/mol. The van der Waals surface area contributed by atoms with Crippen LogP contribution in [0, 0.1) is 11.2 Å². The molecule has 0 saturated carbocycles. The third kappa shape index (κ3) is 9.43. The normalized spacial score (nSPS) is 15.7. The Morgan fingerprint density at radius 3 is 1.29 bits per heavy atom. The Bertz CT molecular complexity index is 5870. The Hall–Kier alpha value is -11.8. The van der Waals surface area contributed by atoms with Crippen LogP contribution >= 0.6 is 11.8 Å². The molecule has 454 valence electrons. The van der Waals surface area contributed by atoms with Crippen LogP contribution < -0.4 is 43.5 Å². The molecule has 0 spiro atoms. The van der Waals surface area contributed by atoms with Crippen molar-refractivity contribution < 1.29 is 18.8 Å². The van der Waals surface area contributed by atoms with Crippen LogP contribution in [-0.2, 0) is 0 Å². The van der Waals surface area contributed by atoms with Crippen LogP contribution in [0.3, 0.4) is 0 Å². The number of H-pyrrole nitrogens is 1. The predicted octanol–water partition coefficient (Wildman–Crippen LogP) is 12.6. The Labute approximate surface area is 530 Å². The highest BCUT2D eigenvalue weighted by Crippen LogP contribution is 2.42. The van der Waals surface area contributed by atoms with Gasteiger partial charge in [0.2, 0.25) is 0 Å². The van der Waals surface area contributed by atoms with Crippen molar-refractivity contribution in [2.24, 2.45) is 5.41 Å². The molecule has 0 aliphatic carbocycles. The van der Waals surface area contributed by atoms with Crippen LogP contribution in [-0.4, -0.2) is 41.0 Å². The number of halogens is 1. The number of aromatic nitrogens is 5. The van der Waals surface area contributed by atoms with Crippen molar-refractivity contribution in [2.75, 3.05) is 0 Å². The summed E-state index contributed by atoms with van der Waals surface area (Å²) in [6.45, 7) is 6.26. The number of nitrogens with zero attached hydrogens (tertiary/aromatic N) is 4. The molecule has 0 saturated heterocycles. The molecule has 18 rings (SSSR count). The Morgan fingerprint density at radius 1 is 0.376 bits per heavy atom. The van der Waals surface area contributed by atoms with Gasteiger partial charge in [-0.2, -0.15) is 0 Å². The summed E-state index contributed by atoms with van der Waals surface area (Å²) in [5, 5.41) is 13.3. The Kier molecular flexibility index (Phi) is 13.8. The van der Waals surface area contributed by atoms with Gasteiger partial charge in [0.05, 0.1) is 66.4 Å². The van der Waals surface area contributed by atoms with Crippen LogP contribution in [0.1, 0.15) is 81.5 Å². The summed E-state index contributed by atoms with van der Waals surface area (Å²) in [4.78, 5) is 105. The molecule has 3 atom stereocenters. The molecule has 0 radical (unpaired) electrons. The number of amides is 3. The number of aromatic amines is 1. The lowest BCUT2D eigenvalue weighted by molar-refractivity contribution is 0.0845. The molecule has 4 N–H and O–H groups in total. The molecule has 4 aliphatic heterocycles. The summed E-state index contributed by atoms with van der Waals surface area (Å²) in [6, 6.07) is 67.4. The summed E-state index contributed by atoms with van der Waals surface area (Å²) in [5.74, 6) is -0.870. The van der Waals surface area contributed by atoms with Gasteiger partial charge in [-0.3, -0.25) is 43.1 Å². The maximum absolute atomic E-state index is 13.4. The fourth-order valence-electron chi connectivity index (χ4n) is 13.3. The SMILES string of the molecule is CC(C)(C)C1NC(=O)c2cccc3c(=O)c4ccccc4n1c23.O=C1NC(c2ccc(F)cc2)n2c3ccccc3c(=O)c3cccc1c32.O=C1NC(c2ccccc2)n2c3ccccc3c(=O)c3cccc1c32.O=c1[nH]c(=O)n2c3c(cccc13)Sc1ccccc1-2. The average Bonchev–Trinajstić information content (AvgIpc) is 0.751. The first-order valence-corrected chi connectivity index (χ1v) is 30.8. The van der Waals surface area contributed by atoms with Crippen LogP contribution in [0.25, 0.3) is 82.0 Å². The van der Waals surface area contributed by atoms with Crippen molar-refractivity contribution >= 4 is 106 Å². The first-order chi connectivity index (χ1) is 45.0. The lowest BCUT2D eigenvalue weighted by Gasteiger charge is -2.38. The minimum absolute atomic E-state index is 0.0175. The predicted molar refractivity (Wildman–Crippen MR) is 361 cm³/mol. The molecule has 0 bridgehead atoms. The van der Waals surface area contributed by atoms with Gasteiger partial charge in [-0.1, -0.05) is 148 Å². The van der Waals surface area contributed by atoms with Gasteiger partial charge >= 0.3 is 5.69 Å². The van der Waals surface area contributed by atoms with E-state index >= 15 is 0 Å². The molecule has 3 unspecified atom stereocenters. The number of hydrogen-bond acceptors (Lipinski definition) is 9. The molecule has 93 heavy (non-hydrogen) atoms. The van der Waals surface area contributed by atoms with E-state index in [9.17, 15) is 42.7 Å². The fraction of sp³-hybridized carbons (Fsp3) is 0.0933. The first kappa shape index (κ1) is 57.7. The van der Waals surface area contributed by atoms with Gasteiger partial charge in [0, 0.05) is 47.5 Å². The highest BCUT2D eigenvalue weighted by Gasteiger charge is 2.36. The van der Waals surface area contributed by atoms with E-state index in [0.29, 0.717) is 70.9 Å². The number of carbonyl (C=O) groups excluding carboxylic acids is 3. The molecule has 4 aliphatic rings. The third-order valence-corrected chi connectivity index (χ3v) is 18.6. The fourth-order valence-corrected chi connectivity index (χ4v) is 14.4. The molecular formula is C75H53FN8O8S. The minimum Gasteiger partial charge on any atom is -0.331 e. The summed E-state index contributed by atoms with van der Waals surface area (Å²) >= 11 is 1.58. The number of pyridine rings is 3. The minimum atomic E-state index is -0.522. The van der Waals surface area contributed by atoms with Gasteiger partial charge < -0.3 is 29.7 Å². The second kappa shape index (κ2) is 22.3. The van der Waals surface area contributed by atoms with Crippen LogP contribution in [0.15, 0.2) is 258 Å². The van der Waals surface area contributed by atoms with Crippen molar-refractivity contribution in [2.45, 2.75) is 49.1 Å². The van der Waals surface area contributed by atoms with Crippen molar-refractivity contribution in [3.8, 4) is 5.69 Å². The topological polar surface area (TPSA) is 208 Å². The van der Waals surface area contributed by atoms with Gasteiger partial charge in [-0.05, 0) is 120 Å². The number of carbonyl (C=O) groups is 3. The highest BCUT2D eigenvalue weighted by atomic mass is 32.2. The van der Waals surface area contributed by atoms with E-state index in [4.69, 9.17) is 0 Å². The van der Waals surface area contributed by atoms with Gasteiger partial charge in [-0.15, -0.1) is 0 Å². The van der Waals surface area contributed by atoms with Crippen LogP contribution in [0.5, 0.6) is 0 Å². The van der Waals surface area contributed by atoms with Crippen molar-refractivity contribution in [1.82, 2.24) is 39.2 Å². The summed E-state index contributed by atoms with van der Waals surface area (Å²) < 4.78 is 21.1. The molecule has 4 aromatic heterocycles. The number of benzene rings is 10. The molecule has 14 aromatic rings.